The molecule has 7 heteroatoms. The van der Waals surface area contributed by atoms with E-state index in [1.165, 1.54) is 11.3 Å². The third-order valence-electron chi connectivity index (χ3n) is 2.30. The molecule has 0 amide bonds. The van der Waals surface area contributed by atoms with E-state index in [9.17, 15) is 4.79 Å². The Morgan fingerprint density at radius 3 is 2.80 bits per heavy atom. The van der Waals surface area contributed by atoms with Crippen LogP contribution in [0, 0.1) is 0 Å². The molecule has 20 heavy (non-hydrogen) atoms. The SMILES string of the molecule is CCOC(=O)/C(=N\Nc1ccccc1)c1csc(N)n1. The Bertz CT molecular complexity index is 610. The van der Waals surface area contributed by atoms with Crippen LogP contribution in [-0.4, -0.2) is 23.3 Å². The number of benzene rings is 1. The molecular weight excluding hydrogens is 276 g/mol. The van der Waals surface area contributed by atoms with Crippen LogP contribution in [0.25, 0.3) is 0 Å². The van der Waals surface area contributed by atoms with Crippen LogP contribution in [0.1, 0.15) is 12.6 Å². The van der Waals surface area contributed by atoms with Gasteiger partial charge in [0.2, 0.25) is 0 Å². The molecule has 0 saturated heterocycles. The lowest BCUT2D eigenvalue weighted by Gasteiger charge is -2.05. The van der Waals surface area contributed by atoms with E-state index in [2.05, 4.69) is 15.5 Å². The maximum Gasteiger partial charge on any atom is 0.361 e. The zero-order valence-electron chi connectivity index (χ0n) is 10.9. The van der Waals surface area contributed by atoms with Crippen molar-refractivity contribution in [1.29, 1.82) is 0 Å². The van der Waals surface area contributed by atoms with Crippen molar-refractivity contribution in [3.8, 4) is 0 Å². The first kappa shape index (κ1) is 14.0. The Balaban J connectivity index is 2.24. The molecular formula is C13H14N4O2S. The highest BCUT2D eigenvalue weighted by Gasteiger charge is 2.18. The number of aromatic nitrogens is 1. The number of nitrogen functional groups attached to an aromatic ring is 1. The second kappa shape index (κ2) is 6.67. The Morgan fingerprint density at radius 2 is 2.20 bits per heavy atom. The number of carbonyl (C=O) groups is 1. The van der Waals surface area contributed by atoms with Gasteiger partial charge in [0.1, 0.15) is 5.69 Å². The van der Waals surface area contributed by atoms with Gasteiger partial charge in [-0.05, 0) is 19.1 Å². The van der Waals surface area contributed by atoms with E-state index in [-0.39, 0.29) is 12.3 Å². The fourth-order valence-electron chi connectivity index (χ4n) is 1.44. The van der Waals surface area contributed by atoms with Crippen LogP contribution < -0.4 is 11.2 Å². The summed E-state index contributed by atoms with van der Waals surface area (Å²) in [5, 5.41) is 6.11. The van der Waals surface area contributed by atoms with Crippen molar-refractivity contribution in [2.24, 2.45) is 5.10 Å². The van der Waals surface area contributed by atoms with E-state index in [4.69, 9.17) is 10.5 Å². The van der Waals surface area contributed by atoms with Crippen molar-refractivity contribution in [3.05, 3.63) is 41.4 Å². The summed E-state index contributed by atoms with van der Waals surface area (Å²) in [4.78, 5) is 16.0. The van der Waals surface area contributed by atoms with E-state index < -0.39 is 5.97 Å². The van der Waals surface area contributed by atoms with E-state index in [1.807, 2.05) is 30.3 Å². The van der Waals surface area contributed by atoms with Crippen molar-refractivity contribution in [2.45, 2.75) is 6.92 Å². The number of ether oxygens (including phenoxy) is 1. The van der Waals surface area contributed by atoms with Crippen LogP contribution in [0.4, 0.5) is 10.8 Å². The minimum absolute atomic E-state index is 0.101. The number of para-hydroxylation sites is 1. The van der Waals surface area contributed by atoms with Gasteiger partial charge in [0.25, 0.3) is 0 Å². The molecule has 3 N–H and O–H groups in total. The average molecular weight is 290 g/mol. The van der Waals surface area contributed by atoms with Crippen LogP contribution in [0.5, 0.6) is 0 Å². The normalized spacial score (nSPS) is 11.2. The number of nitrogens with zero attached hydrogens (tertiary/aromatic N) is 2. The van der Waals surface area contributed by atoms with Crippen LogP contribution in [0.15, 0.2) is 40.8 Å². The molecule has 0 saturated carbocycles. The molecule has 0 aliphatic carbocycles. The fourth-order valence-corrected chi connectivity index (χ4v) is 1.98. The summed E-state index contributed by atoms with van der Waals surface area (Å²) in [6.07, 6.45) is 0. The quantitative estimate of drug-likeness (QED) is 0.500. The van der Waals surface area contributed by atoms with Crippen LogP contribution in [0.2, 0.25) is 0 Å². The minimum Gasteiger partial charge on any atom is -0.461 e. The molecule has 0 aliphatic rings. The third-order valence-corrected chi connectivity index (χ3v) is 2.98. The van der Waals surface area contributed by atoms with Gasteiger partial charge in [-0.25, -0.2) is 9.78 Å². The highest BCUT2D eigenvalue weighted by atomic mass is 32.1. The number of carbonyl (C=O) groups excluding carboxylic acids is 1. The number of rotatable bonds is 5. The van der Waals surface area contributed by atoms with E-state index in [1.54, 1.807) is 12.3 Å². The van der Waals surface area contributed by atoms with Crippen LogP contribution >= 0.6 is 11.3 Å². The first-order chi connectivity index (χ1) is 9.70. The highest BCUT2D eigenvalue weighted by Crippen LogP contribution is 2.13. The number of hydrogen-bond acceptors (Lipinski definition) is 7. The van der Waals surface area contributed by atoms with Crippen molar-refractivity contribution in [3.63, 3.8) is 0 Å². The predicted molar refractivity (Wildman–Crippen MR) is 79.8 cm³/mol. The molecule has 1 aromatic heterocycles. The largest absolute Gasteiger partial charge is 0.461 e. The van der Waals surface area contributed by atoms with Gasteiger partial charge in [0.15, 0.2) is 10.8 Å². The maximum atomic E-state index is 11.9. The standard InChI is InChI=1S/C13H14N4O2S/c1-2-19-12(18)11(10-8-20-13(14)15-10)17-16-9-6-4-3-5-7-9/h3-8,16H,2H2,1H3,(H2,14,15)/b17-11-. The highest BCUT2D eigenvalue weighted by molar-refractivity contribution is 7.13. The van der Waals surface area contributed by atoms with E-state index >= 15 is 0 Å². The molecule has 2 rings (SSSR count). The summed E-state index contributed by atoms with van der Waals surface area (Å²) in [5.41, 5.74) is 9.64. The monoisotopic (exact) mass is 290 g/mol. The van der Waals surface area contributed by atoms with E-state index in [0.29, 0.717) is 10.8 Å². The van der Waals surface area contributed by atoms with Crippen molar-refractivity contribution in [2.75, 3.05) is 17.8 Å². The molecule has 6 nitrogen and oxygen atoms in total. The summed E-state index contributed by atoms with van der Waals surface area (Å²) >= 11 is 1.24. The zero-order chi connectivity index (χ0) is 14.4. The minimum atomic E-state index is -0.541. The number of hydrazone groups is 1. The fraction of sp³-hybridized carbons (Fsp3) is 0.154. The Morgan fingerprint density at radius 1 is 1.45 bits per heavy atom. The lowest BCUT2D eigenvalue weighted by atomic mass is 10.3. The maximum absolute atomic E-state index is 11.9. The Hall–Kier alpha value is -2.41. The molecule has 0 fully saturated rings. The zero-order valence-corrected chi connectivity index (χ0v) is 11.7. The summed E-state index contributed by atoms with van der Waals surface area (Å²) in [5.74, 6) is -0.541. The topological polar surface area (TPSA) is 89.6 Å². The number of nitrogens with two attached hydrogens (primary N) is 1. The molecule has 0 spiro atoms. The lowest BCUT2D eigenvalue weighted by Crippen LogP contribution is -2.20. The first-order valence-corrected chi connectivity index (χ1v) is 6.86. The number of thiazole rings is 1. The summed E-state index contributed by atoms with van der Waals surface area (Å²) in [7, 11) is 0. The number of anilines is 2. The van der Waals surface area contributed by atoms with Gasteiger partial charge in [0.05, 0.1) is 12.3 Å². The van der Waals surface area contributed by atoms with E-state index in [0.717, 1.165) is 5.69 Å². The Kier molecular flexibility index (Phi) is 4.67. The number of esters is 1. The third kappa shape index (κ3) is 3.55. The van der Waals surface area contributed by atoms with Gasteiger partial charge < -0.3 is 10.5 Å². The van der Waals surface area contributed by atoms with Crippen molar-refractivity contribution < 1.29 is 9.53 Å². The van der Waals surface area contributed by atoms with Crippen LogP contribution in [-0.2, 0) is 9.53 Å². The summed E-state index contributed by atoms with van der Waals surface area (Å²) in [6.45, 7) is 2.00. The molecule has 104 valence electrons. The number of nitrogens with one attached hydrogen (secondary N) is 1. The molecule has 1 heterocycles. The Labute approximate surface area is 120 Å². The van der Waals surface area contributed by atoms with Crippen LogP contribution in [0.3, 0.4) is 0 Å². The predicted octanol–water partition coefficient (Wildman–Crippen LogP) is 2.10. The first-order valence-electron chi connectivity index (χ1n) is 5.98. The summed E-state index contributed by atoms with van der Waals surface area (Å²) in [6, 6.07) is 9.29. The molecule has 2 aromatic rings. The van der Waals surface area contributed by atoms with Gasteiger partial charge in [-0.1, -0.05) is 18.2 Å². The van der Waals surface area contributed by atoms with Gasteiger partial charge in [-0.2, -0.15) is 5.10 Å². The van der Waals surface area contributed by atoms with Gasteiger partial charge in [0, 0.05) is 5.38 Å². The van der Waals surface area contributed by atoms with Crippen molar-refractivity contribution >= 4 is 33.8 Å². The molecule has 0 atom stereocenters. The second-order valence-corrected chi connectivity index (χ2v) is 4.62. The molecule has 0 bridgehead atoms. The van der Waals surface area contributed by atoms with Gasteiger partial charge in [-0.3, -0.25) is 5.43 Å². The summed E-state index contributed by atoms with van der Waals surface area (Å²) < 4.78 is 4.97. The smallest absolute Gasteiger partial charge is 0.361 e. The second-order valence-electron chi connectivity index (χ2n) is 3.73. The molecule has 0 radical (unpaired) electrons. The molecule has 1 aromatic carbocycles. The van der Waals surface area contributed by atoms with Gasteiger partial charge >= 0.3 is 5.97 Å². The lowest BCUT2D eigenvalue weighted by molar-refractivity contribution is -0.134. The van der Waals surface area contributed by atoms with Crippen molar-refractivity contribution in [1.82, 2.24) is 4.98 Å². The van der Waals surface area contributed by atoms with Gasteiger partial charge in [-0.15, -0.1) is 11.3 Å². The average Bonchev–Trinajstić information content (AvgIpc) is 2.87. The molecule has 0 unspecified atom stereocenters. The molecule has 0 aliphatic heterocycles. The number of hydrogen-bond donors (Lipinski definition) is 2.